The first-order chi connectivity index (χ1) is 13.2. The number of halogens is 1. The zero-order valence-electron chi connectivity index (χ0n) is 15.2. The smallest absolute Gasteiger partial charge is 0.131 e. The van der Waals surface area contributed by atoms with Crippen LogP contribution in [0.4, 0.5) is 5.69 Å². The molecule has 3 aromatic rings. The molecule has 2 aliphatic carbocycles. The van der Waals surface area contributed by atoms with E-state index in [1.165, 1.54) is 52.1 Å². The molecule has 0 aliphatic heterocycles. The van der Waals surface area contributed by atoms with Gasteiger partial charge in [0.05, 0.1) is 15.9 Å². The van der Waals surface area contributed by atoms with Crippen molar-refractivity contribution in [2.75, 3.05) is 5.32 Å². The fourth-order valence-corrected chi connectivity index (χ4v) is 6.69. The van der Waals surface area contributed by atoms with Crippen molar-refractivity contribution in [1.29, 1.82) is 0 Å². The molecule has 5 rings (SSSR count). The van der Waals surface area contributed by atoms with Crippen molar-refractivity contribution in [3.63, 3.8) is 0 Å². The monoisotopic (exact) mass is 417 g/mol. The SMILES string of the molecule is N[C@H]1CCCC[C@@H]1c1sc2c(NCc3cccs3)cc(Cl)nc2c1C1CC1. The van der Waals surface area contributed by atoms with Gasteiger partial charge in [0.2, 0.25) is 0 Å². The van der Waals surface area contributed by atoms with Crippen LogP contribution < -0.4 is 11.1 Å². The molecule has 3 nitrogen and oxygen atoms in total. The molecule has 2 fully saturated rings. The molecule has 0 saturated heterocycles. The molecule has 0 radical (unpaired) electrons. The summed E-state index contributed by atoms with van der Waals surface area (Å²) in [6.07, 6.45) is 7.44. The van der Waals surface area contributed by atoms with E-state index in [1.54, 1.807) is 11.3 Å². The van der Waals surface area contributed by atoms with Crippen molar-refractivity contribution in [1.82, 2.24) is 4.98 Å². The predicted octanol–water partition coefficient (Wildman–Crippen LogP) is 6.49. The maximum atomic E-state index is 6.56. The number of rotatable bonds is 5. The number of hydrogen-bond donors (Lipinski definition) is 2. The van der Waals surface area contributed by atoms with Crippen LogP contribution in [0.3, 0.4) is 0 Å². The van der Waals surface area contributed by atoms with Gasteiger partial charge in [0.1, 0.15) is 5.15 Å². The summed E-state index contributed by atoms with van der Waals surface area (Å²) in [5, 5.41) is 6.31. The quantitative estimate of drug-likeness (QED) is 0.466. The number of aromatic nitrogens is 1. The second-order valence-electron chi connectivity index (χ2n) is 7.81. The number of fused-ring (bicyclic) bond motifs is 1. The van der Waals surface area contributed by atoms with Crippen LogP contribution >= 0.6 is 34.3 Å². The van der Waals surface area contributed by atoms with E-state index in [0.717, 1.165) is 24.2 Å². The maximum absolute atomic E-state index is 6.56. The molecule has 0 amide bonds. The number of hydrogen-bond acceptors (Lipinski definition) is 5. The van der Waals surface area contributed by atoms with Crippen molar-refractivity contribution in [2.45, 2.75) is 62.9 Å². The van der Waals surface area contributed by atoms with Crippen molar-refractivity contribution in [3.05, 3.63) is 44.1 Å². The van der Waals surface area contributed by atoms with Gasteiger partial charge in [-0.25, -0.2) is 4.98 Å². The van der Waals surface area contributed by atoms with Gasteiger partial charge in [-0.05, 0) is 48.6 Å². The lowest BCUT2D eigenvalue weighted by molar-refractivity contribution is 0.388. The number of nitrogens with zero attached hydrogens (tertiary/aromatic N) is 1. The van der Waals surface area contributed by atoms with E-state index in [4.69, 9.17) is 22.3 Å². The van der Waals surface area contributed by atoms with Gasteiger partial charge in [-0.1, -0.05) is 30.5 Å². The van der Waals surface area contributed by atoms with E-state index in [9.17, 15) is 0 Å². The Kier molecular flexibility index (Phi) is 4.88. The third-order valence-electron chi connectivity index (χ3n) is 5.85. The average molecular weight is 418 g/mol. The molecule has 2 atom stereocenters. The topological polar surface area (TPSA) is 50.9 Å². The highest BCUT2D eigenvalue weighted by molar-refractivity contribution is 7.20. The number of nitrogens with two attached hydrogens (primary N) is 1. The van der Waals surface area contributed by atoms with E-state index in [2.05, 4.69) is 22.8 Å². The van der Waals surface area contributed by atoms with Gasteiger partial charge in [0.25, 0.3) is 0 Å². The van der Waals surface area contributed by atoms with Gasteiger partial charge in [0, 0.05) is 34.3 Å². The minimum Gasteiger partial charge on any atom is -0.379 e. The van der Waals surface area contributed by atoms with Crippen molar-refractivity contribution < 1.29 is 0 Å². The molecule has 3 heterocycles. The normalized spacial score (nSPS) is 23.0. The Labute approximate surface area is 173 Å². The van der Waals surface area contributed by atoms with Crippen molar-refractivity contribution >= 4 is 50.2 Å². The Balaban J connectivity index is 1.58. The van der Waals surface area contributed by atoms with Crippen LogP contribution in [-0.4, -0.2) is 11.0 Å². The Morgan fingerprint density at radius 3 is 2.81 bits per heavy atom. The third-order valence-corrected chi connectivity index (χ3v) is 8.28. The molecule has 0 bridgehead atoms. The van der Waals surface area contributed by atoms with Gasteiger partial charge in [-0.3, -0.25) is 0 Å². The van der Waals surface area contributed by atoms with E-state index < -0.39 is 0 Å². The summed E-state index contributed by atoms with van der Waals surface area (Å²) in [5.41, 5.74) is 10.3. The van der Waals surface area contributed by atoms with Gasteiger partial charge in [0.15, 0.2) is 0 Å². The Morgan fingerprint density at radius 1 is 1.22 bits per heavy atom. The molecule has 2 aliphatic rings. The molecule has 3 N–H and O–H groups in total. The fourth-order valence-electron chi connectivity index (χ4n) is 4.32. The summed E-state index contributed by atoms with van der Waals surface area (Å²) < 4.78 is 1.26. The van der Waals surface area contributed by atoms with E-state index in [0.29, 0.717) is 17.0 Å². The molecule has 0 unspecified atom stereocenters. The molecular formula is C21H24ClN3S2. The molecule has 0 spiro atoms. The summed E-state index contributed by atoms with van der Waals surface area (Å²) in [7, 11) is 0. The van der Waals surface area contributed by atoms with Crippen LogP contribution in [0.2, 0.25) is 5.15 Å². The molecular weight excluding hydrogens is 394 g/mol. The molecule has 2 saturated carbocycles. The fraction of sp³-hybridized carbons (Fsp3) is 0.476. The van der Waals surface area contributed by atoms with Gasteiger partial charge in [-0.15, -0.1) is 22.7 Å². The van der Waals surface area contributed by atoms with Crippen LogP contribution in [-0.2, 0) is 6.54 Å². The number of thiophene rings is 2. The van der Waals surface area contributed by atoms with E-state index in [-0.39, 0.29) is 6.04 Å². The number of pyridine rings is 1. The zero-order chi connectivity index (χ0) is 18.4. The first kappa shape index (κ1) is 17.9. The van der Waals surface area contributed by atoms with Crippen LogP contribution in [0.15, 0.2) is 23.6 Å². The average Bonchev–Trinajstić information content (AvgIpc) is 3.22. The molecule has 142 valence electrons. The van der Waals surface area contributed by atoms with Crippen LogP contribution in [0.5, 0.6) is 0 Å². The molecule has 6 heteroatoms. The maximum Gasteiger partial charge on any atom is 0.131 e. The van der Waals surface area contributed by atoms with E-state index >= 15 is 0 Å². The lowest BCUT2D eigenvalue weighted by Crippen LogP contribution is -2.31. The predicted molar refractivity (Wildman–Crippen MR) is 117 cm³/mol. The lowest BCUT2D eigenvalue weighted by atomic mass is 9.82. The standard InChI is InChI=1S/C21H24ClN3S2/c22-17-10-16(24-11-13-4-3-9-26-13)21-19(25-17)18(12-7-8-12)20(27-21)14-5-1-2-6-15(14)23/h3-4,9-10,12,14-15H,1-2,5-8,11,23H2,(H,24,25)/t14-,15-/m0/s1. The third kappa shape index (κ3) is 3.51. The van der Waals surface area contributed by atoms with E-state index in [1.807, 2.05) is 17.4 Å². The highest BCUT2D eigenvalue weighted by Crippen LogP contribution is 2.52. The first-order valence-corrected chi connectivity index (χ1v) is 11.9. The summed E-state index contributed by atoms with van der Waals surface area (Å²) in [5.74, 6) is 1.14. The number of anilines is 1. The number of nitrogens with one attached hydrogen (secondary N) is 1. The van der Waals surface area contributed by atoms with Crippen LogP contribution in [0.1, 0.15) is 65.7 Å². The zero-order valence-corrected chi connectivity index (χ0v) is 17.6. The highest BCUT2D eigenvalue weighted by atomic mass is 35.5. The van der Waals surface area contributed by atoms with Crippen LogP contribution in [0.25, 0.3) is 10.2 Å². The Bertz CT molecular complexity index is 946. The lowest BCUT2D eigenvalue weighted by Gasteiger charge is -2.28. The van der Waals surface area contributed by atoms with Gasteiger partial charge < -0.3 is 11.1 Å². The van der Waals surface area contributed by atoms with Crippen molar-refractivity contribution in [3.8, 4) is 0 Å². The molecule has 0 aromatic carbocycles. The summed E-state index contributed by atoms with van der Waals surface area (Å²) in [4.78, 5) is 7.60. The first-order valence-electron chi connectivity index (χ1n) is 9.85. The summed E-state index contributed by atoms with van der Waals surface area (Å²) >= 11 is 10.1. The minimum atomic E-state index is 0.280. The summed E-state index contributed by atoms with van der Waals surface area (Å²) in [6, 6.07) is 6.52. The minimum absolute atomic E-state index is 0.280. The Morgan fingerprint density at radius 2 is 2.07 bits per heavy atom. The van der Waals surface area contributed by atoms with Crippen molar-refractivity contribution in [2.24, 2.45) is 5.73 Å². The highest BCUT2D eigenvalue weighted by Gasteiger charge is 2.36. The second kappa shape index (κ2) is 7.36. The van der Waals surface area contributed by atoms with Crippen LogP contribution in [0, 0.1) is 0 Å². The van der Waals surface area contributed by atoms with Gasteiger partial charge in [-0.2, -0.15) is 0 Å². The Hall–Kier alpha value is -1.14. The second-order valence-corrected chi connectivity index (χ2v) is 10.3. The largest absolute Gasteiger partial charge is 0.379 e. The molecule has 3 aromatic heterocycles. The summed E-state index contributed by atoms with van der Waals surface area (Å²) in [6.45, 7) is 0.821. The molecule has 27 heavy (non-hydrogen) atoms. The van der Waals surface area contributed by atoms with Gasteiger partial charge >= 0.3 is 0 Å².